The third-order valence-corrected chi connectivity index (χ3v) is 3.89. The van der Waals surface area contributed by atoms with Gasteiger partial charge in [-0.15, -0.1) is 0 Å². The second kappa shape index (κ2) is 8.08. The van der Waals surface area contributed by atoms with E-state index in [0.717, 1.165) is 0 Å². The highest BCUT2D eigenvalue weighted by Crippen LogP contribution is 2.52. The van der Waals surface area contributed by atoms with Crippen LogP contribution in [0.2, 0.25) is 5.02 Å². The highest BCUT2D eigenvalue weighted by molar-refractivity contribution is 6.31. The zero-order valence-corrected chi connectivity index (χ0v) is 18.4. The third kappa shape index (κ3) is 5.68. The van der Waals surface area contributed by atoms with E-state index in [2.05, 4.69) is 0 Å². The zero-order chi connectivity index (χ0) is 21.3. The Balaban J connectivity index is 2.75. The molecule has 6 heteroatoms. The molecule has 0 aliphatic rings. The Morgan fingerprint density at radius 1 is 0.929 bits per heavy atom. The van der Waals surface area contributed by atoms with E-state index in [9.17, 15) is 9.90 Å². The van der Waals surface area contributed by atoms with Crippen molar-refractivity contribution in [1.82, 2.24) is 0 Å². The van der Waals surface area contributed by atoms with Crippen LogP contribution in [0.5, 0.6) is 23.0 Å². The van der Waals surface area contributed by atoms with Crippen molar-refractivity contribution in [3.05, 3.63) is 23.2 Å². The zero-order valence-electron chi connectivity index (χ0n) is 17.6. The lowest BCUT2D eigenvalue weighted by molar-refractivity contribution is -0.131. The van der Waals surface area contributed by atoms with E-state index in [1.807, 2.05) is 41.5 Å². The maximum absolute atomic E-state index is 11.8. The smallest absolute Gasteiger partial charge is 0.308 e. The van der Waals surface area contributed by atoms with Crippen LogP contribution in [-0.4, -0.2) is 24.3 Å². The van der Waals surface area contributed by atoms with Crippen LogP contribution < -0.4 is 14.2 Å². The summed E-state index contributed by atoms with van der Waals surface area (Å²) in [5.41, 5.74) is -0.308. The van der Waals surface area contributed by atoms with E-state index in [-0.39, 0.29) is 33.8 Å². The minimum atomic E-state index is -0.496. The van der Waals surface area contributed by atoms with Gasteiger partial charge < -0.3 is 19.3 Å². The Morgan fingerprint density at radius 3 is 1.96 bits per heavy atom. The van der Waals surface area contributed by atoms with E-state index in [0.29, 0.717) is 29.0 Å². The van der Waals surface area contributed by atoms with E-state index < -0.39 is 5.97 Å². The monoisotopic (exact) mass is 408 g/mol. The first-order valence-corrected chi connectivity index (χ1v) is 9.58. The molecule has 2 aromatic carbocycles. The van der Waals surface area contributed by atoms with Crippen molar-refractivity contribution in [3.8, 4) is 23.0 Å². The van der Waals surface area contributed by atoms with Gasteiger partial charge in [-0.25, -0.2) is 0 Å². The number of halogens is 1. The fourth-order valence-corrected chi connectivity index (χ4v) is 2.63. The maximum Gasteiger partial charge on any atom is 0.308 e. The normalized spacial score (nSPS) is 12.1. The number of rotatable bonds is 5. The lowest BCUT2D eigenvalue weighted by Crippen LogP contribution is -2.20. The van der Waals surface area contributed by atoms with E-state index in [1.54, 1.807) is 18.2 Å². The van der Waals surface area contributed by atoms with Crippen molar-refractivity contribution >= 4 is 28.3 Å². The van der Waals surface area contributed by atoms with Gasteiger partial charge in [0.2, 0.25) is 11.5 Å². The maximum atomic E-state index is 11.8. The summed E-state index contributed by atoms with van der Waals surface area (Å²) in [5, 5.41) is 12.3. The molecule has 0 fully saturated rings. The van der Waals surface area contributed by atoms with Gasteiger partial charge in [-0.1, -0.05) is 53.1 Å². The molecule has 0 aromatic heterocycles. The number of hydrogen-bond donors (Lipinski definition) is 1. The molecular formula is C22H29ClO5. The minimum Gasteiger partial charge on any atom is -0.504 e. The number of carbonyl (C=O) groups excluding carboxylic acids is 1. The number of hydrogen-bond acceptors (Lipinski definition) is 5. The summed E-state index contributed by atoms with van der Waals surface area (Å²) in [6, 6.07) is 4.96. The molecule has 5 nitrogen and oxygen atoms in total. The Labute approximate surface area is 171 Å². The van der Waals surface area contributed by atoms with Crippen molar-refractivity contribution in [2.75, 3.05) is 13.2 Å². The lowest BCUT2D eigenvalue weighted by atomic mass is 9.98. The van der Waals surface area contributed by atoms with Gasteiger partial charge in [0.1, 0.15) is 0 Å². The fraction of sp³-hybridized carbons (Fsp3) is 0.500. The summed E-state index contributed by atoms with van der Waals surface area (Å²) in [6.45, 7) is 14.1. The Hall–Kier alpha value is -2.14. The van der Waals surface area contributed by atoms with Gasteiger partial charge in [-0.3, -0.25) is 4.79 Å². The first-order chi connectivity index (χ1) is 12.8. The molecule has 0 aliphatic heterocycles. The first kappa shape index (κ1) is 22.2. The predicted molar refractivity (Wildman–Crippen MR) is 112 cm³/mol. The number of carbonyl (C=O) groups is 1. The standard InChI is InChI=1S/C22H29ClO5/c1-13(24)28-18-15-9-8-14(23)10-16(15)17(25)19(26-11-21(2,3)4)20(18)27-12-22(5,6)7/h8-10,25H,11-12H2,1-7H3. The van der Waals surface area contributed by atoms with Gasteiger partial charge in [0, 0.05) is 22.7 Å². The van der Waals surface area contributed by atoms with Crippen LogP contribution in [-0.2, 0) is 4.79 Å². The molecule has 0 spiro atoms. The van der Waals surface area contributed by atoms with Crippen LogP contribution in [0.1, 0.15) is 48.5 Å². The fourth-order valence-electron chi connectivity index (χ4n) is 2.45. The first-order valence-electron chi connectivity index (χ1n) is 9.21. The largest absolute Gasteiger partial charge is 0.504 e. The number of phenolic OH excluding ortho intramolecular Hbond substituents is 1. The van der Waals surface area contributed by atoms with E-state index >= 15 is 0 Å². The number of phenols is 1. The predicted octanol–water partition coefficient (Wildman–Crippen LogP) is 5.97. The van der Waals surface area contributed by atoms with Crippen molar-refractivity contribution in [2.45, 2.75) is 48.5 Å². The Kier molecular flexibility index (Phi) is 6.39. The molecular weight excluding hydrogens is 380 g/mol. The van der Waals surface area contributed by atoms with Gasteiger partial charge in [0.05, 0.1) is 13.2 Å². The van der Waals surface area contributed by atoms with Gasteiger partial charge in [-0.2, -0.15) is 0 Å². The van der Waals surface area contributed by atoms with Crippen molar-refractivity contribution < 1.29 is 24.1 Å². The number of aromatic hydroxyl groups is 1. The average molecular weight is 409 g/mol. The van der Waals surface area contributed by atoms with E-state index in [4.69, 9.17) is 25.8 Å². The third-order valence-electron chi connectivity index (χ3n) is 3.65. The number of benzene rings is 2. The molecule has 0 saturated heterocycles. The summed E-state index contributed by atoms with van der Waals surface area (Å²) >= 11 is 6.12. The van der Waals surface area contributed by atoms with Crippen LogP contribution in [0.3, 0.4) is 0 Å². The SMILES string of the molecule is CC(=O)Oc1c(OCC(C)(C)C)c(OCC(C)(C)C)c(O)c2cc(Cl)ccc12. The highest BCUT2D eigenvalue weighted by atomic mass is 35.5. The van der Waals surface area contributed by atoms with Gasteiger partial charge >= 0.3 is 5.97 Å². The topological polar surface area (TPSA) is 65.0 Å². The number of ether oxygens (including phenoxy) is 3. The van der Waals surface area contributed by atoms with Crippen LogP contribution in [0.4, 0.5) is 0 Å². The second-order valence-corrected chi connectivity index (χ2v) is 9.75. The minimum absolute atomic E-state index is 0.0958. The summed E-state index contributed by atoms with van der Waals surface area (Å²) in [7, 11) is 0. The van der Waals surface area contributed by atoms with Crippen molar-refractivity contribution in [1.29, 1.82) is 0 Å². The molecule has 0 unspecified atom stereocenters. The van der Waals surface area contributed by atoms with Gasteiger partial charge in [-0.05, 0) is 29.0 Å². The molecule has 1 N–H and O–H groups in total. The number of fused-ring (bicyclic) bond motifs is 1. The van der Waals surface area contributed by atoms with Crippen LogP contribution in [0, 0.1) is 10.8 Å². The van der Waals surface area contributed by atoms with Crippen molar-refractivity contribution in [3.63, 3.8) is 0 Å². The molecule has 0 bridgehead atoms. The van der Waals surface area contributed by atoms with Crippen LogP contribution in [0.25, 0.3) is 10.8 Å². The quantitative estimate of drug-likeness (QED) is 0.487. The summed E-state index contributed by atoms with van der Waals surface area (Å²) < 4.78 is 17.5. The summed E-state index contributed by atoms with van der Waals surface area (Å²) in [6.07, 6.45) is 0. The number of esters is 1. The van der Waals surface area contributed by atoms with Crippen LogP contribution in [0.15, 0.2) is 18.2 Å². The average Bonchev–Trinajstić information content (AvgIpc) is 2.52. The molecule has 0 atom stereocenters. The molecule has 0 aliphatic carbocycles. The Morgan fingerprint density at radius 2 is 1.46 bits per heavy atom. The van der Waals surface area contributed by atoms with Crippen molar-refractivity contribution in [2.24, 2.45) is 10.8 Å². The molecule has 2 rings (SSSR count). The summed E-state index contributed by atoms with van der Waals surface area (Å²) in [5.74, 6) is -0.0251. The highest BCUT2D eigenvalue weighted by Gasteiger charge is 2.27. The molecule has 0 amide bonds. The van der Waals surface area contributed by atoms with Gasteiger partial charge in [0.15, 0.2) is 11.5 Å². The van der Waals surface area contributed by atoms with Gasteiger partial charge in [0.25, 0.3) is 0 Å². The second-order valence-electron chi connectivity index (χ2n) is 9.32. The van der Waals surface area contributed by atoms with Crippen LogP contribution >= 0.6 is 11.6 Å². The molecule has 2 aromatic rings. The van der Waals surface area contributed by atoms with E-state index in [1.165, 1.54) is 6.92 Å². The molecule has 0 heterocycles. The molecule has 0 radical (unpaired) electrons. The Bertz CT molecular complexity index is 875. The molecule has 0 saturated carbocycles. The molecule has 154 valence electrons. The summed E-state index contributed by atoms with van der Waals surface area (Å²) in [4.78, 5) is 11.8. The molecule has 28 heavy (non-hydrogen) atoms. The lowest BCUT2D eigenvalue weighted by Gasteiger charge is -2.25.